The predicted molar refractivity (Wildman–Crippen MR) is 82.3 cm³/mol. The van der Waals surface area contributed by atoms with Crippen LogP contribution in [0.25, 0.3) is 0 Å². The first kappa shape index (κ1) is 14.0. The lowest BCUT2D eigenvalue weighted by Crippen LogP contribution is -2.46. The van der Waals surface area contributed by atoms with Gasteiger partial charge in [0.1, 0.15) is 5.82 Å². The molecule has 2 amide bonds. The van der Waals surface area contributed by atoms with Gasteiger partial charge in [-0.2, -0.15) is 5.10 Å². The lowest BCUT2D eigenvalue weighted by atomic mass is 10.1. The molecule has 2 fully saturated rings. The lowest BCUT2D eigenvalue weighted by molar-refractivity contribution is 0.225. The molecule has 1 unspecified atom stereocenters. The maximum absolute atomic E-state index is 12.4. The molecule has 0 radical (unpaired) electrons. The molecule has 6 nitrogen and oxygen atoms in total. The Kier molecular flexibility index (Phi) is 3.54. The number of carbonyl (C=O) groups excluding carboxylic acids is 1. The van der Waals surface area contributed by atoms with Gasteiger partial charge in [0.05, 0.1) is 6.04 Å². The maximum atomic E-state index is 12.4. The highest BCUT2D eigenvalue weighted by Gasteiger charge is 2.42. The highest BCUT2D eigenvalue weighted by molar-refractivity contribution is 5.74. The summed E-state index contributed by atoms with van der Waals surface area (Å²) in [5.74, 6) is 3.24. The Bertz CT molecular complexity index is 549. The highest BCUT2D eigenvalue weighted by Crippen LogP contribution is 2.44. The van der Waals surface area contributed by atoms with Crippen molar-refractivity contribution in [1.29, 1.82) is 0 Å². The Hall–Kier alpha value is -1.59. The summed E-state index contributed by atoms with van der Waals surface area (Å²) in [6.45, 7) is 2.97. The molecular weight excluding hydrogens is 278 g/mol. The van der Waals surface area contributed by atoms with Gasteiger partial charge in [-0.25, -0.2) is 14.5 Å². The molecule has 1 aliphatic heterocycles. The molecule has 2 aliphatic carbocycles. The minimum atomic E-state index is -0.0247. The van der Waals surface area contributed by atoms with Crippen LogP contribution in [0.5, 0.6) is 0 Å². The molecule has 3 aliphatic rings. The average Bonchev–Trinajstić information content (AvgIpc) is 3.42. The molecule has 120 valence electrons. The molecule has 1 atom stereocenters. The van der Waals surface area contributed by atoms with E-state index in [1.165, 1.54) is 25.7 Å². The Labute approximate surface area is 131 Å². The number of aryl methyl sites for hydroxylation is 2. The topological polar surface area (TPSA) is 71.8 Å². The monoisotopic (exact) mass is 303 g/mol. The lowest BCUT2D eigenvalue weighted by Gasteiger charge is -2.25. The summed E-state index contributed by atoms with van der Waals surface area (Å²) in [7, 11) is 0. The number of amides is 2. The van der Waals surface area contributed by atoms with Crippen molar-refractivity contribution in [2.45, 2.75) is 70.5 Å². The van der Waals surface area contributed by atoms with Gasteiger partial charge in [-0.3, -0.25) is 0 Å². The fraction of sp³-hybridized carbons (Fsp3) is 0.812. The van der Waals surface area contributed by atoms with E-state index in [1.807, 2.05) is 4.68 Å². The van der Waals surface area contributed by atoms with Gasteiger partial charge in [0.15, 0.2) is 5.82 Å². The summed E-state index contributed by atoms with van der Waals surface area (Å²) in [4.78, 5) is 17.0. The van der Waals surface area contributed by atoms with E-state index in [2.05, 4.69) is 27.6 Å². The summed E-state index contributed by atoms with van der Waals surface area (Å²) in [5, 5.41) is 10.9. The van der Waals surface area contributed by atoms with Gasteiger partial charge >= 0.3 is 6.03 Å². The van der Waals surface area contributed by atoms with Crippen LogP contribution in [-0.2, 0) is 13.0 Å². The van der Waals surface area contributed by atoms with Crippen molar-refractivity contribution in [2.75, 3.05) is 0 Å². The third-order valence-corrected chi connectivity index (χ3v) is 5.10. The van der Waals surface area contributed by atoms with Crippen molar-refractivity contribution >= 4 is 6.03 Å². The zero-order valence-corrected chi connectivity index (χ0v) is 13.2. The van der Waals surface area contributed by atoms with E-state index in [0.717, 1.165) is 49.3 Å². The van der Waals surface area contributed by atoms with Gasteiger partial charge in [0, 0.05) is 19.0 Å². The van der Waals surface area contributed by atoms with Gasteiger partial charge in [0.25, 0.3) is 0 Å². The van der Waals surface area contributed by atoms with Crippen LogP contribution in [0.1, 0.15) is 63.1 Å². The molecule has 2 saturated carbocycles. The summed E-state index contributed by atoms with van der Waals surface area (Å²) in [6.07, 6.45) is 7.94. The van der Waals surface area contributed by atoms with Gasteiger partial charge in [-0.05, 0) is 50.4 Å². The largest absolute Gasteiger partial charge is 0.335 e. The molecule has 0 saturated heterocycles. The van der Waals surface area contributed by atoms with Crippen molar-refractivity contribution in [3.05, 3.63) is 11.6 Å². The maximum Gasteiger partial charge on any atom is 0.315 e. The summed E-state index contributed by atoms with van der Waals surface area (Å²) in [6, 6.07) is 0.372. The summed E-state index contributed by atoms with van der Waals surface area (Å²) in [5.41, 5.74) is 0. The van der Waals surface area contributed by atoms with Crippen LogP contribution in [0.3, 0.4) is 0 Å². The Morgan fingerprint density at radius 2 is 2.00 bits per heavy atom. The van der Waals surface area contributed by atoms with Crippen LogP contribution < -0.4 is 10.6 Å². The minimum Gasteiger partial charge on any atom is -0.335 e. The number of carbonyl (C=O) groups is 1. The van der Waals surface area contributed by atoms with Gasteiger partial charge < -0.3 is 10.6 Å². The van der Waals surface area contributed by atoms with Crippen molar-refractivity contribution in [1.82, 2.24) is 25.4 Å². The third-order valence-electron chi connectivity index (χ3n) is 5.10. The number of rotatable bonds is 5. The van der Waals surface area contributed by atoms with Gasteiger partial charge in [0.2, 0.25) is 0 Å². The molecule has 2 N–H and O–H groups in total. The van der Waals surface area contributed by atoms with Crippen molar-refractivity contribution in [3.63, 3.8) is 0 Å². The van der Waals surface area contributed by atoms with Crippen LogP contribution in [0.2, 0.25) is 0 Å². The third kappa shape index (κ3) is 2.83. The van der Waals surface area contributed by atoms with Gasteiger partial charge in [-0.15, -0.1) is 0 Å². The molecule has 22 heavy (non-hydrogen) atoms. The van der Waals surface area contributed by atoms with Crippen LogP contribution in [0, 0.1) is 11.8 Å². The van der Waals surface area contributed by atoms with Gasteiger partial charge in [-0.1, -0.05) is 6.92 Å². The van der Waals surface area contributed by atoms with Crippen LogP contribution >= 0.6 is 0 Å². The predicted octanol–water partition coefficient (Wildman–Crippen LogP) is 2.16. The van der Waals surface area contributed by atoms with Crippen molar-refractivity contribution < 1.29 is 4.79 Å². The first-order chi connectivity index (χ1) is 10.7. The van der Waals surface area contributed by atoms with E-state index in [0.29, 0.717) is 6.04 Å². The fourth-order valence-corrected chi connectivity index (χ4v) is 3.57. The molecule has 0 aromatic carbocycles. The van der Waals surface area contributed by atoms with E-state index < -0.39 is 0 Å². The van der Waals surface area contributed by atoms with E-state index in [-0.39, 0.29) is 12.1 Å². The Morgan fingerprint density at radius 1 is 1.27 bits per heavy atom. The fourth-order valence-electron chi connectivity index (χ4n) is 3.57. The second-order valence-electron chi connectivity index (χ2n) is 6.98. The molecule has 0 bridgehead atoms. The summed E-state index contributed by atoms with van der Waals surface area (Å²) >= 11 is 0. The number of fused-ring (bicyclic) bond motifs is 1. The van der Waals surface area contributed by atoms with Crippen molar-refractivity contribution in [2.24, 2.45) is 11.8 Å². The van der Waals surface area contributed by atoms with Crippen LogP contribution in [0.15, 0.2) is 0 Å². The van der Waals surface area contributed by atoms with E-state index >= 15 is 0 Å². The van der Waals surface area contributed by atoms with Crippen LogP contribution in [0.4, 0.5) is 4.79 Å². The van der Waals surface area contributed by atoms with E-state index in [4.69, 9.17) is 0 Å². The number of aromatic nitrogens is 3. The standard InChI is InChI=1S/C16H25N5O/c1-2-13-18-15-12(4-3-9-21(15)20-13)17-16(22)19-14(10-5-6-10)11-7-8-11/h10-12,14H,2-9H2,1H3,(H2,17,19,22). The molecule has 2 heterocycles. The van der Waals surface area contributed by atoms with Crippen molar-refractivity contribution in [3.8, 4) is 0 Å². The van der Waals surface area contributed by atoms with Crippen LogP contribution in [-0.4, -0.2) is 26.8 Å². The number of urea groups is 1. The SMILES string of the molecule is CCc1nc2n(n1)CCCC2NC(=O)NC(C1CC1)C1CC1. The Balaban J connectivity index is 1.40. The number of hydrogen-bond acceptors (Lipinski definition) is 3. The number of nitrogens with one attached hydrogen (secondary N) is 2. The molecule has 1 aromatic heterocycles. The first-order valence-corrected chi connectivity index (χ1v) is 8.75. The molecule has 4 rings (SSSR count). The molecule has 0 spiro atoms. The zero-order chi connectivity index (χ0) is 15.1. The van der Waals surface area contributed by atoms with E-state index in [9.17, 15) is 4.79 Å². The number of hydrogen-bond donors (Lipinski definition) is 2. The molecular formula is C16H25N5O. The second kappa shape index (κ2) is 5.56. The summed E-state index contributed by atoms with van der Waals surface area (Å²) < 4.78 is 1.96. The molecule has 6 heteroatoms. The Morgan fingerprint density at radius 3 is 2.64 bits per heavy atom. The molecule has 1 aromatic rings. The minimum absolute atomic E-state index is 0.000561. The smallest absolute Gasteiger partial charge is 0.315 e. The number of nitrogens with zero attached hydrogens (tertiary/aromatic N) is 3. The second-order valence-corrected chi connectivity index (χ2v) is 6.98. The zero-order valence-electron chi connectivity index (χ0n) is 13.2. The highest BCUT2D eigenvalue weighted by atomic mass is 16.2. The van der Waals surface area contributed by atoms with E-state index in [1.54, 1.807) is 0 Å². The average molecular weight is 303 g/mol. The first-order valence-electron chi connectivity index (χ1n) is 8.75. The normalized spacial score (nSPS) is 24.2. The quantitative estimate of drug-likeness (QED) is 0.875.